The molecule has 1 aromatic carbocycles. The summed E-state index contributed by atoms with van der Waals surface area (Å²) in [7, 11) is 0. The second-order valence-corrected chi connectivity index (χ2v) is 11.5. The van der Waals surface area contributed by atoms with E-state index in [-0.39, 0.29) is 12.4 Å². The normalized spacial score (nSPS) is 18.1. The molecule has 2 rings (SSSR count). The van der Waals surface area contributed by atoms with Crippen molar-refractivity contribution in [1.82, 2.24) is 0 Å². The van der Waals surface area contributed by atoms with Crippen molar-refractivity contribution >= 4 is 5.97 Å². The molecule has 1 aromatic rings. The van der Waals surface area contributed by atoms with Crippen LogP contribution in [0.5, 0.6) is 0 Å². The lowest BCUT2D eigenvalue weighted by molar-refractivity contribution is -0.209. The third-order valence-corrected chi connectivity index (χ3v) is 8.05. The Hall–Kier alpha value is -1.43. The summed E-state index contributed by atoms with van der Waals surface area (Å²) in [5, 5.41) is 10.2. The zero-order valence-electron chi connectivity index (χ0n) is 25.1. The average molecular weight is 547 g/mol. The van der Waals surface area contributed by atoms with Crippen LogP contribution in [0.15, 0.2) is 30.3 Å². The molecular formula is C34H58O5. The third kappa shape index (κ3) is 15.8. The Morgan fingerprint density at radius 3 is 2.10 bits per heavy atom. The van der Waals surface area contributed by atoms with E-state index >= 15 is 0 Å². The van der Waals surface area contributed by atoms with Crippen LogP contribution in [0.25, 0.3) is 0 Å². The molecule has 4 atom stereocenters. The fourth-order valence-corrected chi connectivity index (χ4v) is 5.59. The van der Waals surface area contributed by atoms with Crippen LogP contribution in [0, 0.1) is 5.92 Å². The van der Waals surface area contributed by atoms with Gasteiger partial charge in [-0.1, -0.05) is 128 Å². The summed E-state index contributed by atoms with van der Waals surface area (Å²) in [5.74, 6) is -1.28. The Morgan fingerprint density at radius 1 is 0.872 bits per heavy atom. The van der Waals surface area contributed by atoms with Crippen LogP contribution in [-0.4, -0.2) is 36.2 Å². The number of hydrogen-bond acceptors (Lipinski definition) is 4. The molecule has 0 aliphatic carbocycles. The van der Waals surface area contributed by atoms with E-state index < -0.39 is 18.0 Å². The van der Waals surface area contributed by atoms with E-state index in [4.69, 9.17) is 14.2 Å². The van der Waals surface area contributed by atoms with E-state index in [9.17, 15) is 9.90 Å². The first-order valence-corrected chi connectivity index (χ1v) is 16.3. The molecule has 224 valence electrons. The molecule has 5 heteroatoms. The number of rotatable bonds is 24. The van der Waals surface area contributed by atoms with Gasteiger partial charge >= 0.3 is 5.97 Å². The number of hydrogen-bond donors (Lipinski definition) is 1. The first kappa shape index (κ1) is 33.8. The van der Waals surface area contributed by atoms with Gasteiger partial charge in [-0.15, -0.1) is 0 Å². The standard InChI is InChI=1S/C34H58O5/c1-3-5-7-9-10-11-12-13-17-23-30(38-28-29-21-15-14-16-22-29)27-32(39-33-25-19-20-26-37-33)31(34(35)36)24-18-8-6-4-2/h14-16,21-22,30-33H,3-13,17-20,23-28H2,1-2H3,(H,35,36)/t30-,31+,32+,33?/m1/s1. The number of aliphatic carboxylic acids is 1. The zero-order valence-corrected chi connectivity index (χ0v) is 25.1. The Morgan fingerprint density at radius 2 is 1.49 bits per heavy atom. The first-order valence-electron chi connectivity index (χ1n) is 16.3. The van der Waals surface area contributed by atoms with Crippen molar-refractivity contribution in [3.63, 3.8) is 0 Å². The van der Waals surface area contributed by atoms with Crippen LogP contribution < -0.4 is 0 Å². The van der Waals surface area contributed by atoms with Crippen LogP contribution in [-0.2, 0) is 25.6 Å². The van der Waals surface area contributed by atoms with Gasteiger partial charge in [0.05, 0.1) is 24.7 Å². The molecule has 1 saturated heterocycles. The van der Waals surface area contributed by atoms with Crippen molar-refractivity contribution in [2.45, 2.75) is 161 Å². The van der Waals surface area contributed by atoms with E-state index in [0.29, 0.717) is 26.1 Å². The molecule has 1 N–H and O–H groups in total. The van der Waals surface area contributed by atoms with Gasteiger partial charge < -0.3 is 19.3 Å². The van der Waals surface area contributed by atoms with Gasteiger partial charge in [0.25, 0.3) is 0 Å². The molecule has 0 saturated carbocycles. The second kappa shape index (κ2) is 22.3. The fourth-order valence-electron chi connectivity index (χ4n) is 5.59. The molecule has 1 aliphatic rings. The maximum atomic E-state index is 12.5. The molecule has 1 heterocycles. The van der Waals surface area contributed by atoms with Crippen molar-refractivity contribution in [2.24, 2.45) is 5.92 Å². The minimum atomic E-state index is -0.753. The number of carboxylic acids is 1. The van der Waals surface area contributed by atoms with Crippen LogP contribution in [0.4, 0.5) is 0 Å². The third-order valence-electron chi connectivity index (χ3n) is 8.05. The Bertz CT molecular complexity index is 703. The smallest absolute Gasteiger partial charge is 0.309 e. The van der Waals surface area contributed by atoms with Crippen molar-refractivity contribution < 1.29 is 24.1 Å². The van der Waals surface area contributed by atoms with E-state index in [1.54, 1.807) is 0 Å². The van der Waals surface area contributed by atoms with Crippen molar-refractivity contribution in [3.8, 4) is 0 Å². The maximum Gasteiger partial charge on any atom is 0.309 e. The van der Waals surface area contributed by atoms with Gasteiger partial charge in [0.1, 0.15) is 0 Å². The van der Waals surface area contributed by atoms with Gasteiger partial charge in [-0.3, -0.25) is 4.79 Å². The van der Waals surface area contributed by atoms with Gasteiger partial charge in [-0.05, 0) is 37.7 Å². The van der Waals surface area contributed by atoms with E-state index in [1.165, 1.54) is 51.4 Å². The number of benzene rings is 1. The Balaban J connectivity index is 2.00. The van der Waals surface area contributed by atoms with Crippen LogP contribution in [0.3, 0.4) is 0 Å². The topological polar surface area (TPSA) is 65.0 Å². The Kier molecular flexibility index (Phi) is 19.3. The molecule has 1 unspecified atom stereocenters. The van der Waals surface area contributed by atoms with Crippen molar-refractivity contribution in [1.29, 1.82) is 0 Å². The minimum absolute atomic E-state index is 0.0270. The summed E-state index contributed by atoms with van der Waals surface area (Å²) in [6.45, 7) is 5.68. The lowest BCUT2D eigenvalue weighted by Gasteiger charge is -2.33. The highest BCUT2D eigenvalue weighted by molar-refractivity contribution is 5.70. The molecule has 0 spiro atoms. The summed E-state index contributed by atoms with van der Waals surface area (Å²) in [5.41, 5.74) is 1.15. The predicted molar refractivity (Wildman–Crippen MR) is 160 cm³/mol. The number of carboxylic acid groups (broad SMARTS) is 1. The average Bonchev–Trinajstić information content (AvgIpc) is 2.95. The lowest BCUT2D eigenvalue weighted by Crippen LogP contribution is -2.39. The van der Waals surface area contributed by atoms with E-state index in [0.717, 1.165) is 63.4 Å². The van der Waals surface area contributed by atoms with Crippen LogP contribution in [0.1, 0.15) is 141 Å². The quantitative estimate of drug-likeness (QED) is 0.131. The van der Waals surface area contributed by atoms with E-state index in [1.807, 2.05) is 18.2 Å². The summed E-state index contributed by atoms with van der Waals surface area (Å²) >= 11 is 0. The summed E-state index contributed by atoms with van der Waals surface area (Å²) < 4.78 is 18.8. The molecule has 0 bridgehead atoms. The fraction of sp³-hybridized carbons (Fsp3) is 0.794. The highest BCUT2D eigenvalue weighted by Crippen LogP contribution is 2.28. The molecule has 5 nitrogen and oxygen atoms in total. The van der Waals surface area contributed by atoms with Gasteiger partial charge in [-0.2, -0.15) is 0 Å². The van der Waals surface area contributed by atoms with Gasteiger partial charge in [-0.25, -0.2) is 0 Å². The van der Waals surface area contributed by atoms with Gasteiger partial charge in [0.2, 0.25) is 0 Å². The number of unbranched alkanes of at least 4 members (excludes halogenated alkanes) is 11. The number of ether oxygens (including phenoxy) is 3. The van der Waals surface area contributed by atoms with Crippen molar-refractivity contribution in [2.75, 3.05) is 6.61 Å². The van der Waals surface area contributed by atoms with Gasteiger partial charge in [0.15, 0.2) is 6.29 Å². The maximum absolute atomic E-state index is 12.5. The van der Waals surface area contributed by atoms with Crippen molar-refractivity contribution in [3.05, 3.63) is 35.9 Å². The summed E-state index contributed by atoms with van der Waals surface area (Å²) in [6.07, 6.45) is 20.3. The highest BCUT2D eigenvalue weighted by atomic mass is 16.7. The second-order valence-electron chi connectivity index (χ2n) is 11.5. The largest absolute Gasteiger partial charge is 0.481 e. The highest BCUT2D eigenvalue weighted by Gasteiger charge is 2.34. The zero-order chi connectivity index (χ0) is 28.0. The Labute approximate surface area is 239 Å². The van der Waals surface area contributed by atoms with Crippen LogP contribution >= 0.6 is 0 Å². The molecule has 39 heavy (non-hydrogen) atoms. The molecule has 1 fully saturated rings. The molecule has 1 aliphatic heterocycles. The monoisotopic (exact) mass is 546 g/mol. The van der Waals surface area contributed by atoms with Crippen LogP contribution in [0.2, 0.25) is 0 Å². The predicted octanol–water partition coefficient (Wildman–Crippen LogP) is 9.47. The first-order chi connectivity index (χ1) is 19.1. The minimum Gasteiger partial charge on any atom is -0.481 e. The van der Waals surface area contributed by atoms with Gasteiger partial charge in [0, 0.05) is 13.0 Å². The molecule has 0 aromatic heterocycles. The molecule has 0 radical (unpaired) electrons. The number of carbonyl (C=O) groups is 1. The SMILES string of the molecule is CCCCCCCCCCC[C@H](C[C@H](OC1CCCCO1)[C@H](CCCCCC)C(=O)O)OCc1ccccc1. The van der Waals surface area contributed by atoms with E-state index in [2.05, 4.69) is 26.0 Å². The molecular weight excluding hydrogens is 488 g/mol. The lowest BCUT2D eigenvalue weighted by atomic mass is 9.90. The summed E-state index contributed by atoms with van der Waals surface area (Å²) in [4.78, 5) is 12.5. The summed E-state index contributed by atoms with van der Waals surface area (Å²) in [6, 6.07) is 10.3. The molecule has 0 amide bonds.